The van der Waals surface area contributed by atoms with Crippen molar-refractivity contribution in [3.63, 3.8) is 0 Å². The number of carbonyl (C=O) groups excluding carboxylic acids is 3. The number of hydrogen-bond donors (Lipinski definition) is 3. The second kappa shape index (κ2) is 9.64. The third-order valence-corrected chi connectivity index (χ3v) is 6.06. The van der Waals surface area contributed by atoms with Crippen LogP contribution >= 0.6 is 0 Å². The van der Waals surface area contributed by atoms with Crippen LogP contribution in [0.2, 0.25) is 0 Å². The van der Waals surface area contributed by atoms with Crippen molar-refractivity contribution in [2.24, 2.45) is 0 Å². The van der Waals surface area contributed by atoms with E-state index in [1.165, 1.54) is 6.07 Å². The summed E-state index contributed by atoms with van der Waals surface area (Å²) in [5.74, 6) is -1.06. The molecule has 32 heavy (non-hydrogen) atoms. The molecule has 4 N–H and O–H groups in total. The molecule has 0 saturated heterocycles. The first-order chi connectivity index (χ1) is 15.2. The number of nitrogen functional groups attached to an aromatic ring is 1. The second-order valence-corrected chi connectivity index (χ2v) is 8.04. The fourth-order valence-electron chi connectivity index (χ4n) is 4.09. The zero-order valence-electron chi connectivity index (χ0n) is 18.6. The van der Waals surface area contributed by atoms with Crippen LogP contribution in [0.1, 0.15) is 55.5 Å². The van der Waals surface area contributed by atoms with Gasteiger partial charge in [0.1, 0.15) is 5.75 Å². The molecule has 1 unspecified atom stereocenters. The van der Waals surface area contributed by atoms with Crippen LogP contribution in [-0.4, -0.2) is 29.1 Å². The van der Waals surface area contributed by atoms with Gasteiger partial charge in [-0.25, -0.2) is 0 Å². The van der Waals surface area contributed by atoms with Crippen molar-refractivity contribution in [1.29, 1.82) is 0 Å². The highest BCUT2D eigenvalue weighted by Gasteiger charge is 2.33. The van der Waals surface area contributed by atoms with E-state index in [0.717, 1.165) is 5.56 Å². The van der Waals surface area contributed by atoms with Crippen molar-refractivity contribution < 1.29 is 19.5 Å². The van der Waals surface area contributed by atoms with Crippen LogP contribution in [0.15, 0.2) is 70.8 Å². The summed E-state index contributed by atoms with van der Waals surface area (Å²) in [5.41, 5.74) is 9.65. The van der Waals surface area contributed by atoms with Gasteiger partial charge in [-0.3, -0.25) is 14.4 Å². The van der Waals surface area contributed by atoms with Gasteiger partial charge in [-0.05, 0) is 57.4 Å². The lowest BCUT2D eigenvalue weighted by Gasteiger charge is -2.27. The van der Waals surface area contributed by atoms with Gasteiger partial charge >= 0.3 is 0 Å². The standard InChI is InChI=1S/C26H28N2O4/c1-15-16(2)25(31)23(17(3)24(15)30)19(18-9-4-6-12-21(18)27)11-8-14-28-26(32)20-10-5-7-13-22(20)29/h4-7,9-10,12-13,19,29H,8,11,14,27H2,1-3H3,(H,28,32). The maximum atomic E-state index is 13.2. The predicted molar refractivity (Wildman–Crippen MR) is 124 cm³/mol. The zero-order chi connectivity index (χ0) is 23.4. The van der Waals surface area contributed by atoms with Gasteiger partial charge in [0.15, 0.2) is 11.6 Å². The number of phenolic OH excluding ortho intramolecular Hbond substituents is 1. The Morgan fingerprint density at radius 3 is 2.25 bits per heavy atom. The number of Topliss-reactive ketones (excluding diaryl/α,β-unsaturated/α-hetero) is 2. The fourth-order valence-corrected chi connectivity index (χ4v) is 4.09. The van der Waals surface area contributed by atoms with Crippen LogP contribution in [-0.2, 0) is 9.59 Å². The van der Waals surface area contributed by atoms with Gasteiger partial charge in [-0.2, -0.15) is 0 Å². The van der Waals surface area contributed by atoms with Gasteiger partial charge in [-0.15, -0.1) is 0 Å². The maximum Gasteiger partial charge on any atom is 0.255 e. The monoisotopic (exact) mass is 432 g/mol. The molecule has 0 saturated carbocycles. The molecular formula is C26H28N2O4. The molecule has 0 spiro atoms. The maximum absolute atomic E-state index is 13.2. The van der Waals surface area contributed by atoms with Gasteiger partial charge in [-0.1, -0.05) is 30.3 Å². The number of ketones is 2. The Morgan fingerprint density at radius 2 is 1.56 bits per heavy atom. The highest BCUT2D eigenvalue weighted by Crippen LogP contribution is 2.39. The lowest BCUT2D eigenvalue weighted by atomic mass is 9.75. The lowest BCUT2D eigenvalue weighted by Crippen LogP contribution is -2.27. The van der Waals surface area contributed by atoms with Crippen molar-refractivity contribution in [1.82, 2.24) is 5.32 Å². The summed E-state index contributed by atoms with van der Waals surface area (Å²) in [5, 5.41) is 12.7. The van der Waals surface area contributed by atoms with E-state index in [4.69, 9.17) is 5.73 Å². The number of amides is 1. The van der Waals surface area contributed by atoms with Gasteiger partial charge in [0.25, 0.3) is 5.91 Å². The van der Waals surface area contributed by atoms with Gasteiger partial charge in [0, 0.05) is 40.4 Å². The van der Waals surface area contributed by atoms with E-state index < -0.39 is 0 Å². The zero-order valence-corrected chi connectivity index (χ0v) is 18.6. The topological polar surface area (TPSA) is 109 Å². The SMILES string of the molecule is CC1=C(C)C(=O)C(C(CCCNC(=O)c2ccccc2O)c2ccccc2N)=C(C)C1=O. The molecule has 0 heterocycles. The van der Waals surface area contributed by atoms with Crippen LogP contribution in [0.4, 0.5) is 5.69 Å². The molecule has 0 radical (unpaired) electrons. The fraction of sp³-hybridized carbons (Fsp3) is 0.269. The first kappa shape index (κ1) is 23.0. The summed E-state index contributed by atoms with van der Waals surface area (Å²) >= 11 is 0. The Morgan fingerprint density at radius 1 is 0.938 bits per heavy atom. The number of carbonyl (C=O) groups is 3. The Kier molecular flexibility index (Phi) is 6.93. The van der Waals surface area contributed by atoms with Crippen molar-refractivity contribution in [2.45, 2.75) is 39.5 Å². The van der Waals surface area contributed by atoms with E-state index in [1.54, 1.807) is 45.0 Å². The molecule has 0 fully saturated rings. The Hall–Kier alpha value is -3.67. The number of phenols is 1. The van der Waals surface area contributed by atoms with E-state index in [0.29, 0.717) is 47.4 Å². The molecule has 1 aliphatic carbocycles. The average molecular weight is 433 g/mol. The molecular weight excluding hydrogens is 404 g/mol. The molecule has 6 heteroatoms. The normalized spacial score (nSPS) is 15.2. The molecule has 1 aliphatic rings. The number of rotatable bonds is 7. The number of nitrogens with one attached hydrogen (secondary N) is 1. The van der Waals surface area contributed by atoms with Gasteiger partial charge in [0.2, 0.25) is 0 Å². The second-order valence-electron chi connectivity index (χ2n) is 8.04. The van der Waals surface area contributed by atoms with E-state index in [-0.39, 0.29) is 34.7 Å². The summed E-state index contributed by atoms with van der Waals surface area (Å²) in [6.07, 6.45) is 1.08. The molecule has 2 aromatic carbocycles. The molecule has 0 bridgehead atoms. The number of hydrogen-bond acceptors (Lipinski definition) is 5. The minimum atomic E-state index is -0.368. The molecule has 3 rings (SSSR count). The molecule has 6 nitrogen and oxygen atoms in total. The summed E-state index contributed by atoms with van der Waals surface area (Å²) < 4.78 is 0. The van der Waals surface area contributed by atoms with Crippen molar-refractivity contribution >= 4 is 23.2 Å². The first-order valence-electron chi connectivity index (χ1n) is 10.6. The van der Waals surface area contributed by atoms with E-state index in [9.17, 15) is 19.5 Å². The van der Waals surface area contributed by atoms with Crippen molar-refractivity contribution in [3.05, 3.63) is 82.0 Å². The number of aromatic hydroxyl groups is 1. The molecule has 0 aromatic heterocycles. The summed E-state index contributed by atoms with van der Waals surface area (Å²) in [6.45, 7) is 5.40. The Labute approximate surface area is 187 Å². The van der Waals surface area contributed by atoms with E-state index in [1.807, 2.05) is 18.2 Å². The largest absolute Gasteiger partial charge is 0.507 e. The smallest absolute Gasteiger partial charge is 0.255 e. The molecule has 166 valence electrons. The summed E-state index contributed by atoms with van der Waals surface area (Å²) in [6, 6.07) is 13.7. The molecule has 1 atom stereocenters. The number of para-hydroxylation sites is 2. The van der Waals surface area contributed by atoms with Crippen LogP contribution in [0.25, 0.3) is 0 Å². The summed E-state index contributed by atoms with van der Waals surface area (Å²) in [7, 11) is 0. The van der Waals surface area contributed by atoms with Crippen LogP contribution in [0, 0.1) is 0 Å². The average Bonchev–Trinajstić information content (AvgIpc) is 2.78. The van der Waals surface area contributed by atoms with Crippen LogP contribution in [0.3, 0.4) is 0 Å². The first-order valence-corrected chi connectivity index (χ1v) is 10.6. The van der Waals surface area contributed by atoms with Crippen molar-refractivity contribution in [2.75, 3.05) is 12.3 Å². The minimum Gasteiger partial charge on any atom is -0.507 e. The lowest BCUT2D eigenvalue weighted by molar-refractivity contribution is -0.116. The van der Waals surface area contributed by atoms with Crippen molar-refractivity contribution in [3.8, 4) is 5.75 Å². The van der Waals surface area contributed by atoms with Crippen LogP contribution in [0.5, 0.6) is 5.75 Å². The molecule has 2 aromatic rings. The number of benzene rings is 2. The molecule has 1 amide bonds. The van der Waals surface area contributed by atoms with Gasteiger partial charge < -0.3 is 16.2 Å². The van der Waals surface area contributed by atoms with Crippen LogP contribution < -0.4 is 11.1 Å². The minimum absolute atomic E-state index is 0.0790. The highest BCUT2D eigenvalue weighted by atomic mass is 16.3. The molecule has 0 aliphatic heterocycles. The Bertz CT molecular complexity index is 1140. The van der Waals surface area contributed by atoms with Gasteiger partial charge in [0.05, 0.1) is 5.56 Å². The van der Waals surface area contributed by atoms with E-state index in [2.05, 4.69) is 5.32 Å². The number of nitrogens with two attached hydrogens (primary N) is 1. The Balaban J connectivity index is 1.82. The third-order valence-electron chi connectivity index (χ3n) is 6.06. The quantitative estimate of drug-likeness (QED) is 0.347. The summed E-state index contributed by atoms with van der Waals surface area (Å²) in [4.78, 5) is 38.3. The highest BCUT2D eigenvalue weighted by molar-refractivity contribution is 6.25. The van der Waals surface area contributed by atoms with E-state index >= 15 is 0 Å². The predicted octanol–water partition coefficient (Wildman–Crippen LogP) is 4.07. The number of allylic oxidation sites excluding steroid dienone is 4. The third kappa shape index (κ3) is 4.49. The number of anilines is 1.